The Morgan fingerprint density at radius 3 is 2.93 bits per heavy atom. The number of thioether (sulfide) groups is 1. The van der Waals surface area contributed by atoms with Crippen molar-refractivity contribution >= 4 is 23.5 Å². The van der Waals surface area contributed by atoms with E-state index in [1.807, 2.05) is 18.3 Å². The van der Waals surface area contributed by atoms with Crippen molar-refractivity contribution in [2.24, 2.45) is 5.92 Å². The van der Waals surface area contributed by atoms with Crippen LogP contribution in [0.25, 0.3) is 11.4 Å². The van der Waals surface area contributed by atoms with Crippen LogP contribution in [0.2, 0.25) is 0 Å². The van der Waals surface area contributed by atoms with E-state index in [0.29, 0.717) is 23.5 Å². The molecule has 1 saturated carbocycles. The number of carbonyl (C=O) groups is 1. The van der Waals surface area contributed by atoms with Crippen LogP contribution in [0.1, 0.15) is 44.4 Å². The molecule has 1 N–H and O–H groups in total. The lowest BCUT2D eigenvalue weighted by Crippen LogP contribution is -2.23. The molecule has 3 heterocycles. The van der Waals surface area contributed by atoms with Crippen LogP contribution >= 0.6 is 11.8 Å². The van der Waals surface area contributed by atoms with Gasteiger partial charge in [0.1, 0.15) is 5.76 Å². The molecule has 0 unspecified atom stereocenters. The van der Waals surface area contributed by atoms with Gasteiger partial charge >= 0.3 is 0 Å². The van der Waals surface area contributed by atoms with Crippen molar-refractivity contribution in [3.05, 3.63) is 36.4 Å². The van der Waals surface area contributed by atoms with Crippen molar-refractivity contribution in [3.8, 4) is 11.4 Å². The lowest BCUT2D eigenvalue weighted by molar-refractivity contribution is -0.113. The van der Waals surface area contributed by atoms with Gasteiger partial charge in [0.05, 0.1) is 5.75 Å². The number of pyridine rings is 1. The normalized spacial score (nSPS) is 19.2. The molecule has 9 heteroatoms. The van der Waals surface area contributed by atoms with E-state index in [9.17, 15) is 4.79 Å². The van der Waals surface area contributed by atoms with Gasteiger partial charge in [0, 0.05) is 30.1 Å². The summed E-state index contributed by atoms with van der Waals surface area (Å²) in [5.74, 6) is 2.48. The van der Waals surface area contributed by atoms with Crippen LogP contribution in [0.15, 0.2) is 40.3 Å². The van der Waals surface area contributed by atoms with E-state index in [2.05, 4.69) is 37.1 Å². The molecule has 1 aliphatic rings. The van der Waals surface area contributed by atoms with Crippen molar-refractivity contribution in [2.75, 3.05) is 11.1 Å². The van der Waals surface area contributed by atoms with Gasteiger partial charge in [-0.25, -0.2) is 0 Å². The maximum absolute atomic E-state index is 12.3. The molecule has 29 heavy (non-hydrogen) atoms. The van der Waals surface area contributed by atoms with E-state index in [-0.39, 0.29) is 11.7 Å². The third-order valence-corrected chi connectivity index (χ3v) is 6.15. The van der Waals surface area contributed by atoms with E-state index >= 15 is 0 Å². The molecule has 0 radical (unpaired) electrons. The Morgan fingerprint density at radius 2 is 2.21 bits per heavy atom. The number of nitrogens with one attached hydrogen (secondary N) is 1. The van der Waals surface area contributed by atoms with Crippen molar-refractivity contribution in [1.29, 1.82) is 0 Å². The molecular weight excluding hydrogens is 388 g/mol. The molecule has 152 valence electrons. The Bertz CT molecular complexity index is 971. The average Bonchev–Trinajstić information content (AvgIpc) is 3.33. The molecule has 3 aromatic rings. The fourth-order valence-corrected chi connectivity index (χ4v) is 4.57. The van der Waals surface area contributed by atoms with Crippen LogP contribution < -0.4 is 5.32 Å². The number of aryl methyl sites for hydroxylation is 1. The number of nitrogens with zero attached hydrogens (tertiary/aromatic N) is 5. The predicted octanol–water partition coefficient (Wildman–Crippen LogP) is 4.12. The summed E-state index contributed by atoms with van der Waals surface area (Å²) in [6, 6.07) is 5.90. The van der Waals surface area contributed by atoms with E-state index in [1.54, 1.807) is 19.2 Å². The fourth-order valence-electron chi connectivity index (χ4n) is 3.78. The Hall–Kier alpha value is -2.68. The van der Waals surface area contributed by atoms with Crippen LogP contribution in [-0.4, -0.2) is 36.6 Å². The van der Waals surface area contributed by atoms with Crippen LogP contribution in [-0.2, 0) is 4.79 Å². The van der Waals surface area contributed by atoms with Gasteiger partial charge in [0.15, 0.2) is 16.8 Å². The number of hydrogen-bond donors (Lipinski definition) is 1. The monoisotopic (exact) mass is 412 g/mol. The first-order valence-electron chi connectivity index (χ1n) is 9.83. The van der Waals surface area contributed by atoms with Crippen molar-refractivity contribution in [1.82, 2.24) is 24.9 Å². The average molecular weight is 413 g/mol. The van der Waals surface area contributed by atoms with E-state index in [1.165, 1.54) is 31.0 Å². The van der Waals surface area contributed by atoms with Crippen LogP contribution in [0.5, 0.6) is 0 Å². The Balaban J connectivity index is 1.56. The Morgan fingerprint density at radius 1 is 1.34 bits per heavy atom. The highest BCUT2D eigenvalue weighted by Gasteiger charge is 2.29. The Labute approximate surface area is 173 Å². The Kier molecular flexibility index (Phi) is 5.94. The first-order chi connectivity index (χ1) is 14.1. The van der Waals surface area contributed by atoms with Gasteiger partial charge in [-0.3, -0.25) is 14.3 Å². The molecule has 0 saturated heterocycles. The summed E-state index contributed by atoms with van der Waals surface area (Å²) in [5, 5.41) is 16.2. The highest BCUT2D eigenvalue weighted by atomic mass is 32.2. The second kappa shape index (κ2) is 8.77. The lowest BCUT2D eigenvalue weighted by Gasteiger charge is -2.31. The highest BCUT2D eigenvalue weighted by Crippen LogP contribution is 2.38. The molecule has 1 amide bonds. The molecule has 8 nitrogen and oxygen atoms in total. The number of anilines is 1. The first kappa shape index (κ1) is 19.6. The molecule has 0 aromatic carbocycles. The van der Waals surface area contributed by atoms with Crippen molar-refractivity contribution in [3.63, 3.8) is 0 Å². The molecule has 0 spiro atoms. The number of carbonyl (C=O) groups excluding carboxylic acids is 1. The first-order valence-corrected chi connectivity index (χ1v) is 10.8. The number of amides is 1. The van der Waals surface area contributed by atoms with Crippen molar-refractivity contribution in [2.45, 2.75) is 50.7 Å². The smallest absolute Gasteiger partial charge is 0.236 e. The molecule has 1 fully saturated rings. The van der Waals surface area contributed by atoms with Crippen LogP contribution in [0, 0.1) is 12.8 Å². The predicted molar refractivity (Wildman–Crippen MR) is 111 cm³/mol. The largest absolute Gasteiger partial charge is 0.360 e. The molecule has 1 aliphatic carbocycles. The van der Waals surface area contributed by atoms with Gasteiger partial charge in [-0.05, 0) is 37.8 Å². The summed E-state index contributed by atoms with van der Waals surface area (Å²) in [5.41, 5.74) is 0.937. The summed E-state index contributed by atoms with van der Waals surface area (Å²) in [6.07, 6.45) is 8.27. The fraction of sp³-hybridized carbons (Fsp3) is 0.450. The topological polar surface area (TPSA) is 98.7 Å². The van der Waals surface area contributed by atoms with Gasteiger partial charge in [0.2, 0.25) is 5.91 Å². The third kappa shape index (κ3) is 4.50. The maximum atomic E-state index is 12.3. The van der Waals surface area contributed by atoms with Crippen LogP contribution in [0.3, 0.4) is 0 Å². The van der Waals surface area contributed by atoms with Gasteiger partial charge in [-0.1, -0.05) is 36.7 Å². The second-order valence-corrected chi connectivity index (χ2v) is 8.35. The minimum absolute atomic E-state index is 0.155. The maximum Gasteiger partial charge on any atom is 0.236 e. The summed E-state index contributed by atoms with van der Waals surface area (Å²) < 4.78 is 7.19. The molecule has 4 rings (SSSR count). The summed E-state index contributed by atoms with van der Waals surface area (Å²) >= 11 is 1.39. The summed E-state index contributed by atoms with van der Waals surface area (Å²) in [6.45, 7) is 4.07. The highest BCUT2D eigenvalue weighted by molar-refractivity contribution is 7.99. The standard InChI is InChI=1S/C20H24N6O2S/c1-13-6-3-4-8-16(13)26-19(15-7-5-9-21-11-15)23-24-20(26)29-12-18(27)22-17-10-14(2)28-25-17/h5,7,9-11,13,16H,3-4,6,8,12H2,1-2H3,(H,22,25,27)/t13-,16-/m1/s1. The molecule has 0 bridgehead atoms. The zero-order chi connectivity index (χ0) is 20.2. The summed E-state index contributed by atoms with van der Waals surface area (Å²) in [7, 11) is 0. The van der Waals surface area contributed by atoms with E-state index in [4.69, 9.17) is 4.52 Å². The minimum atomic E-state index is -0.155. The van der Waals surface area contributed by atoms with Gasteiger partial charge in [0.25, 0.3) is 0 Å². The zero-order valence-electron chi connectivity index (χ0n) is 16.5. The van der Waals surface area contributed by atoms with Gasteiger partial charge < -0.3 is 9.84 Å². The van der Waals surface area contributed by atoms with E-state index in [0.717, 1.165) is 23.0 Å². The lowest BCUT2D eigenvalue weighted by atomic mass is 9.85. The molecule has 2 atom stereocenters. The van der Waals surface area contributed by atoms with Gasteiger partial charge in [-0.2, -0.15) is 0 Å². The second-order valence-electron chi connectivity index (χ2n) is 7.41. The van der Waals surface area contributed by atoms with Crippen molar-refractivity contribution < 1.29 is 9.32 Å². The molecular formula is C20H24N6O2S. The quantitative estimate of drug-likeness (QED) is 0.608. The SMILES string of the molecule is Cc1cc(NC(=O)CSc2nnc(-c3cccnc3)n2[C@@H]2CCCC[C@H]2C)no1. The third-order valence-electron chi connectivity index (χ3n) is 5.21. The number of rotatable bonds is 6. The number of hydrogen-bond acceptors (Lipinski definition) is 7. The minimum Gasteiger partial charge on any atom is -0.360 e. The van der Waals surface area contributed by atoms with Gasteiger partial charge in [-0.15, -0.1) is 10.2 Å². The van der Waals surface area contributed by atoms with Crippen LogP contribution in [0.4, 0.5) is 5.82 Å². The summed E-state index contributed by atoms with van der Waals surface area (Å²) in [4.78, 5) is 16.6. The molecule has 0 aliphatic heterocycles. The zero-order valence-corrected chi connectivity index (χ0v) is 17.4. The van der Waals surface area contributed by atoms with E-state index < -0.39 is 0 Å². The molecule has 3 aromatic heterocycles. The number of aromatic nitrogens is 5.